The first kappa shape index (κ1) is 18.1. The predicted molar refractivity (Wildman–Crippen MR) is 104 cm³/mol. The zero-order chi connectivity index (χ0) is 18.5. The Hall–Kier alpha value is -2.73. The van der Waals surface area contributed by atoms with E-state index in [4.69, 9.17) is 0 Å². The summed E-state index contributed by atoms with van der Waals surface area (Å²) in [4.78, 5) is 17.5. The van der Waals surface area contributed by atoms with Crippen LogP contribution in [0.3, 0.4) is 0 Å². The van der Waals surface area contributed by atoms with Crippen LogP contribution in [-0.4, -0.2) is 10.9 Å². The summed E-state index contributed by atoms with van der Waals surface area (Å²) in [6, 6.07) is 14.1. The van der Waals surface area contributed by atoms with Crippen LogP contribution < -0.4 is 10.6 Å². The van der Waals surface area contributed by atoms with Crippen molar-refractivity contribution < 1.29 is 9.18 Å². The topological polar surface area (TPSA) is 54.0 Å². The minimum atomic E-state index is -0.290. The normalized spacial score (nSPS) is 10.6. The number of amides is 1. The van der Waals surface area contributed by atoms with Gasteiger partial charge in [0.2, 0.25) is 0 Å². The molecule has 0 atom stereocenters. The standard InChI is InChI=1S/C20H20FN3OS/c1-3-15-6-4-5-7-17(15)24-20-23-13(2)18(26-20)19(25)22-12-14-8-10-16(21)11-9-14/h4-11H,3,12H2,1-2H3,(H,22,25)(H,23,24). The van der Waals surface area contributed by atoms with Crippen LogP contribution in [0.4, 0.5) is 15.2 Å². The minimum Gasteiger partial charge on any atom is -0.347 e. The van der Waals surface area contributed by atoms with Gasteiger partial charge in [0.25, 0.3) is 5.91 Å². The quantitative estimate of drug-likeness (QED) is 0.654. The molecule has 3 rings (SSSR count). The summed E-state index contributed by atoms with van der Waals surface area (Å²) in [6.45, 7) is 4.26. The molecule has 0 fully saturated rings. The molecule has 2 aromatic carbocycles. The molecular formula is C20H20FN3OS. The van der Waals surface area contributed by atoms with Gasteiger partial charge in [0.05, 0.1) is 5.69 Å². The molecule has 3 aromatic rings. The van der Waals surface area contributed by atoms with E-state index in [1.54, 1.807) is 12.1 Å². The molecule has 2 N–H and O–H groups in total. The Bertz CT molecular complexity index is 906. The number of benzene rings is 2. The van der Waals surface area contributed by atoms with Crippen LogP contribution >= 0.6 is 11.3 Å². The van der Waals surface area contributed by atoms with Crippen LogP contribution in [0.2, 0.25) is 0 Å². The average Bonchev–Trinajstić information content (AvgIpc) is 3.02. The van der Waals surface area contributed by atoms with Gasteiger partial charge >= 0.3 is 0 Å². The number of carbonyl (C=O) groups excluding carboxylic acids is 1. The van der Waals surface area contributed by atoms with Crippen LogP contribution in [0.1, 0.15) is 33.4 Å². The molecule has 0 saturated heterocycles. The van der Waals surface area contributed by atoms with E-state index in [2.05, 4.69) is 28.6 Å². The van der Waals surface area contributed by atoms with E-state index in [0.29, 0.717) is 22.2 Å². The Morgan fingerprint density at radius 1 is 1.15 bits per heavy atom. The van der Waals surface area contributed by atoms with Gasteiger partial charge in [-0.15, -0.1) is 0 Å². The number of nitrogens with one attached hydrogen (secondary N) is 2. The molecule has 0 saturated carbocycles. The van der Waals surface area contributed by atoms with E-state index in [1.165, 1.54) is 29.0 Å². The fraction of sp³-hybridized carbons (Fsp3) is 0.200. The maximum absolute atomic E-state index is 12.9. The highest BCUT2D eigenvalue weighted by Crippen LogP contribution is 2.27. The fourth-order valence-corrected chi connectivity index (χ4v) is 3.49. The molecule has 1 amide bonds. The number of nitrogens with zero attached hydrogens (tertiary/aromatic N) is 1. The molecule has 0 aliphatic carbocycles. The van der Waals surface area contributed by atoms with Crippen LogP contribution in [-0.2, 0) is 13.0 Å². The van der Waals surface area contributed by atoms with Crippen molar-refractivity contribution in [3.05, 3.63) is 76.0 Å². The molecule has 0 spiro atoms. The van der Waals surface area contributed by atoms with Gasteiger partial charge in [0.1, 0.15) is 10.7 Å². The second-order valence-corrected chi connectivity index (χ2v) is 6.88. The lowest BCUT2D eigenvalue weighted by molar-refractivity contribution is 0.0954. The minimum absolute atomic E-state index is 0.179. The van der Waals surface area contributed by atoms with Crippen LogP contribution in [0.15, 0.2) is 48.5 Å². The van der Waals surface area contributed by atoms with Gasteiger partial charge in [-0.25, -0.2) is 9.37 Å². The molecule has 0 radical (unpaired) electrons. The first-order valence-corrected chi connectivity index (χ1v) is 9.23. The second-order valence-electron chi connectivity index (χ2n) is 5.88. The van der Waals surface area contributed by atoms with Crippen LogP contribution in [0.5, 0.6) is 0 Å². The lowest BCUT2D eigenvalue weighted by Gasteiger charge is -2.07. The van der Waals surface area contributed by atoms with Gasteiger partial charge in [-0.2, -0.15) is 0 Å². The van der Waals surface area contributed by atoms with Crippen LogP contribution in [0, 0.1) is 12.7 Å². The van der Waals surface area contributed by atoms with E-state index < -0.39 is 0 Å². The van der Waals surface area contributed by atoms with Gasteiger partial charge in [0, 0.05) is 12.2 Å². The van der Waals surface area contributed by atoms with Crippen molar-refractivity contribution in [3.8, 4) is 0 Å². The Labute approximate surface area is 156 Å². The Morgan fingerprint density at radius 3 is 2.62 bits per heavy atom. The zero-order valence-electron chi connectivity index (χ0n) is 14.7. The maximum atomic E-state index is 12.9. The van der Waals surface area contributed by atoms with Crippen molar-refractivity contribution in [1.82, 2.24) is 10.3 Å². The fourth-order valence-electron chi connectivity index (χ4n) is 2.59. The van der Waals surface area contributed by atoms with Gasteiger partial charge in [-0.05, 0) is 42.7 Å². The highest BCUT2D eigenvalue weighted by atomic mass is 32.1. The third-order valence-electron chi connectivity index (χ3n) is 4.01. The largest absolute Gasteiger partial charge is 0.347 e. The molecule has 26 heavy (non-hydrogen) atoms. The Kier molecular flexibility index (Phi) is 5.63. The zero-order valence-corrected chi connectivity index (χ0v) is 15.5. The van der Waals surface area contributed by atoms with Gasteiger partial charge < -0.3 is 10.6 Å². The monoisotopic (exact) mass is 369 g/mol. The smallest absolute Gasteiger partial charge is 0.263 e. The van der Waals surface area contributed by atoms with Crippen LogP contribution in [0.25, 0.3) is 0 Å². The summed E-state index contributed by atoms with van der Waals surface area (Å²) in [5.41, 5.74) is 3.73. The van der Waals surface area contributed by atoms with E-state index >= 15 is 0 Å². The first-order valence-electron chi connectivity index (χ1n) is 8.42. The summed E-state index contributed by atoms with van der Waals surface area (Å²) >= 11 is 1.32. The summed E-state index contributed by atoms with van der Waals surface area (Å²) in [7, 11) is 0. The lowest BCUT2D eigenvalue weighted by atomic mass is 10.1. The number of carbonyl (C=O) groups is 1. The van der Waals surface area contributed by atoms with E-state index in [-0.39, 0.29) is 11.7 Å². The maximum Gasteiger partial charge on any atom is 0.263 e. The number of rotatable bonds is 6. The molecule has 6 heteroatoms. The van der Waals surface area contributed by atoms with E-state index in [1.807, 2.05) is 25.1 Å². The second kappa shape index (κ2) is 8.10. The molecule has 1 aromatic heterocycles. The van der Waals surface area contributed by atoms with E-state index in [0.717, 1.165) is 17.7 Å². The Balaban J connectivity index is 1.69. The number of aryl methyl sites for hydroxylation is 2. The van der Waals surface area contributed by atoms with Crippen molar-refractivity contribution in [1.29, 1.82) is 0 Å². The SMILES string of the molecule is CCc1ccccc1Nc1nc(C)c(C(=O)NCc2ccc(F)cc2)s1. The van der Waals surface area contributed by atoms with Crippen molar-refractivity contribution in [2.24, 2.45) is 0 Å². The number of anilines is 2. The molecule has 0 unspecified atom stereocenters. The highest BCUT2D eigenvalue weighted by Gasteiger charge is 2.15. The first-order chi connectivity index (χ1) is 12.6. The number of aromatic nitrogens is 1. The summed E-state index contributed by atoms with van der Waals surface area (Å²) in [5.74, 6) is -0.470. The number of halogens is 1. The predicted octanol–water partition coefficient (Wildman–Crippen LogP) is 4.83. The van der Waals surface area contributed by atoms with Crippen molar-refractivity contribution >= 4 is 28.1 Å². The lowest BCUT2D eigenvalue weighted by Crippen LogP contribution is -2.22. The third-order valence-corrected chi connectivity index (χ3v) is 5.08. The molecule has 1 heterocycles. The van der Waals surface area contributed by atoms with Crippen molar-refractivity contribution in [2.75, 3.05) is 5.32 Å². The number of hydrogen-bond acceptors (Lipinski definition) is 4. The van der Waals surface area contributed by atoms with Gasteiger partial charge in [-0.3, -0.25) is 4.79 Å². The summed E-state index contributed by atoms with van der Waals surface area (Å²) in [6.07, 6.45) is 0.915. The number of para-hydroxylation sites is 1. The third kappa shape index (κ3) is 4.26. The van der Waals surface area contributed by atoms with E-state index in [9.17, 15) is 9.18 Å². The summed E-state index contributed by atoms with van der Waals surface area (Å²) < 4.78 is 12.9. The van der Waals surface area contributed by atoms with Gasteiger partial charge in [-0.1, -0.05) is 48.6 Å². The average molecular weight is 369 g/mol. The van der Waals surface area contributed by atoms with Crippen molar-refractivity contribution in [3.63, 3.8) is 0 Å². The molecule has 4 nitrogen and oxygen atoms in total. The molecule has 0 aliphatic rings. The molecule has 0 bridgehead atoms. The number of thiazole rings is 1. The van der Waals surface area contributed by atoms with Crippen molar-refractivity contribution in [2.45, 2.75) is 26.8 Å². The Morgan fingerprint density at radius 2 is 1.88 bits per heavy atom. The number of hydrogen-bond donors (Lipinski definition) is 2. The molecule has 134 valence electrons. The summed E-state index contributed by atoms with van der Waals surface area (Å²) in [5, 5.41) is 6.85. The highest BCUT2D eigenvalue weighted by molar-refractivity contribution is 7.17. The molecule has 0 aliphatic heterocycles. The molecular weight excluding hydrogens is 349 g/mol. The van der Waals surface area contributed by atoms with Gasteiger partial charge in [0.15, 0.2) is 5.13 Å².